The van der Waals surface area contributed by atoms with Gasteiger partial charge in [-0.1, -0.05) is 58.4 Å². The molecule has 0 radical (unpaired) electrons. The molecule has 0 nitrogen and oxygen atoms in total. The molecule has 16 heavy (non-hydrogen) atoms. The van der Waals surface area contributed by atoms with Crippen LogP contribution in [0.1, 0.15) is 28.4 Å². The van der Waals surface area contributed by atoms with E-state index in [-0.39, 0.29) is 0 Å². The summed E-state index contributed by atoms with van der Waals surface area (Å²) in [4.78, 5) is 0.432. The summed E-state index contributed by atoms with van der Waals surface area (Å²) in [7, 11) is 0. The Hall–Kier alpha value is -1.08. The van der Waals surface area contributed by atoms with Gasteiger partial charge in [-0.15, -0.1) is 0 Å². The Bertz CT molecular complexity index is 541. The van der Waals surface area contributed by atoms with E-state index >= 15 is 0 Å². The summed E-state index contributed by atoms with van der Waals surface area (Å²) in [5.74, 6) is 0. The summed E-state index contributed by atoms with van der Waals surface area (Å²) in [6, 6.07) is 15.5. The average Bonchev–Trinajstić information content (AvgIpc) is 2.66. The minimum Gasteiger partial charge on any atom is -0.0842 e. The van der Waals surface area contributed by atoms with Crippen LogP contribution in [0.25, 0.3) is 11.1 Å². The van der Waals surface area contributed by atoms with Crippen LogP contribution in [0.15, 0.2) is 42.5 Å². The Morgan fingerprint density at radius 1 is 1.00 bits per heavy atom. The molecule has 1 heteroatoms. The molecule has 0 saturated heterocycles. The number of rotatable bonds is 1. The van der Waals surface area contributed by atoms with Crippen LogP contribution < -0.4 is 0 Å². The van der Waals surface area contributed by atoms with Crippen molar-refractivity contribution in [3.63, 3.8) is 0 Å². The molecule has 3 rings (SSSR count). The zero-order valence-electron chi connectivity index (χ0n) is 9.20. The summed E-state index contributed by atoms with van der Waals surface area (Å²) in [6.45, 7) is 2.17. The lowest BCUT2D eigenvalue weighted by molar-refractivity contribution is 1.11. The van der Waals surface area contributed by atoms with E-state index in [1.165, 1.54) is 27.8 Å². The van der Waals surface area contributed by atoms with E-state index in [4.69, 9.17) is 0 Å². The highest BCUT2D eigenvalue weighted by Crippen LogP contribution is 2.38. The fourth-order valence-corrected chi connectivity index (χ4v) is 2.70. The molecule has 0 amide bonds. The van der Waals surface area contributed by atoms with Crippen LogP contribution in [-0.4, -0.2) is 0 Å². The molecule has 0 N–H and O–H groups in total. The summed E-state index contributed by atoms with van der Waals surface area (Å²) in [6.07, 6.45) is 1.08. The number of hydrogen-bond acceptors (Lipinski definition) is 0. The molecule has 2 aromatic carbocycles. The Labute approximate surface area is 104 Å². The number of alkyl halides is 1. The first-order chi connectivity index (χ1) is 7.75. The van der Waals surface area contributed by atoms with Crippen LogP contribution in [0, 0.1) is 0 Å². The van der Waals surface area contributed by atoms with Crippen molar-refractivity contribution < 1.29 is 0 Å². The van der Waals surface area contributed by atoms with E-state index in [2.05, 4.69) is 65.3 Å². The van der Waals surface area contributed by atoms with E-state index < -0.39 is 0 Å². The molecule has 0 spiro atoms. The van der Waals surface area contributed by atoms with Crippen molar-refractivity contribution in [2.24, 2.45) is 0 Å². The molecule has 1 aliphatic carbocycles. The first kappa shape index (κ1) is 10.1. The van der Waals surface area contributed by atoms with Gasteiger partial charge >= 0.3 is 0 Å². The zero-order valence-corrected chi connectivity index (χ0v) is 10.8. The van der Waals surface area contributed by atoms with Gasteiger partial charge < -0.3 is 0 Å². The summed E-state index contributed by atoms with van der Waals surface area (Å²) in [5, 5.41) is 0. The molecular weight excluding hydrogens is 260 g/mol. The van der Waals surface area contributed by atoms with E-state index in [9.17, 15) is 0 Å². The normalized spacial score (nSPS) is 14.4. The third-order valence-corrected chi connectivity index (χ3v) is 3.81. The van der Waals surface area contributed by atoms with E-state index in [1.807, 2.05) is 0 Å². The molecule has 0 aliphatic heterocycles. The minimum atomic E-state index is 0.432. The Kier molecular flexibility index (Phi) is 2.36. The van der Waals surface area contributed by atoms with Gasteiger partial charge in [0.25, 0.3) is 0 Å². The molecule has 80 valence electrons. The molecule has 1 atom stereocenters. The summed E-state index contributed by atoms with van der Waals surface area (Å²) >= 11 is 3.63. The van der Waals surface area contributed by atoms with Gasteiger partial charge in [0.2, 0.25) is 0 Å². The highest BCUT2D eigenvalue weighted by atomic mass is 79.9. The Morgan fingerprint density at radius 2 is 1.75 bits per heavy atom. The van der Waals surface area contributed by atoms with Crippen molar-refractivity contribution in [1.82, 2.24) is 0 Å². The van der Waals surface area contributed by atoms with Gasteiger partial charge in [0.15, 0.2) is 0 Å². The molecule has 2 aromatic rings. The third-order valence-electron chi connectivity index (χ3n) is 3.28. The van der Waals surface area contributed by atoms with Gasteiger partial charge in [0.05, 0.1) is 0 Å². The van der Waals surface area contributed by atoms with E-state index in [1.54, 1.807) is 0 Å². The second-order valence-corrected chi connectivity index (χ2v) is 5.74. The largest absolute Gasteiger partial charge is 0.0842 e. The predicted octanol–water partition coefficient (Wildman–Crippen LogP) is 4.71. The third kappa shape index (κ3) is 1.51. The fraction of sp³-hybridized carbons (Fsp3) is 0.200. The summed E-state index contributed by atoms with van der Waals surface area (Å²) in [5.41, 5.74) is 7.10. The lowest BCUT2D eigenvalue weighted by Gasteiger charge is -2.06. The van der Waals surface area contributed by atoms with Gasteiger partial charge in [0.1, 0.15) is 0 Å². The standard InChI is InChI=1S/C15H13Br/c1-10(16)11-6-7-15-13(8-11)9-12-4-2-3-5-14(12)15/h2-8,10H,9H2,1H3. The van der Waals surface area contributed by atoms with Crippen LogP contribution in [0.3, 0.4) is 0 Å². The van der Waals surface area contributed by atoms with Crippen LogP contribution in [0.4, 0.5) is 0 Å². The number of fused-ring (bicyclic) bond motifs is 3. The van der Waals surface area contributed by atoms with Crippen LogP contribution >= 0.6 is 15.9 Å². The maximum absolute atomic E-state index is 3.63. The van der Waals surface area contributed by atoms with Gasteiger partial charge in [0, 0.05) is 4.83 Å². The van der Waals surface area contributed by atoms with Gasteiger partial charge in [-0.3, -0.25) is 0 Å². The quantitative estimate of drug-likeness (QED) is 0.563. The van der Waals surface area contributed by atoms with Crippen LogP contribution in [0.2, 0.25) is 0 Å². The fourth-order valence-electron chi connectivity index (χ4n) is 2.41. The first-order valence-corrected chi connectivity index (χ1v) is 6.52. The monoisotopic (exact) mass is 272 g/mol. The van der Waals surface area contributed by atoms with Crippen molar-refractivity contribution in [1.29, 1.82) is 0 Å². The minimum absolute atomic E-state index is 0.432. The van der Waals surface area contributed by atoms with Crippen molar-refractivity contribution in [2.75, 3.05) is 0 Å². The summed E-state index contributed by atoms with van der Waals surface area (Å²) < 4.78 is 0. The predicted molar refractivity (Wildman–Crippen MR) is 72.0 cm³/mol. The highest BCUT2D eigenvalue weighted by Gasteiger charge is 2.18. The second kappa shape index (κ2) is 3.74. The molecule has 0 fully saturated rings. The van der Waals surface area contributed by atoms with E-state index in [0.29, 0.717) is 4.83 Å². The molecule has 0 heterocycles. The van der Waals surface area contributed by atoms with Gasteiger partial charge in [-0.05, 0) is 41.2 Å². The van der Waals surface area contributed by atoms with E-state index in [0.717, 1.165) is 6.42 Å². The van der Waals surface area contributed by atoms with Crippen molar-refractivity contribution in [3.8, 4) is 11.1 Å². The number of halogens is 1. The smallest absolute Gasteiger partial charge is 0.0367 e. The lowest BCUT2D eigenvalue weighted by Crippen LogP contribution is -1.87. The van der Waals surface area contributed by atoms with Gasteiger partial charge in [-0.25, -0.2) is 0 Å². The van der Waals surface area contributed by atoms with Crippen LogP contribution in [-0.2, 0) is 6.42 Å². The van der Waals surface area contributed by atoms with Crippen LogP contribution in [0.5, 0.6) is 0 Å². The second-order valence-electron chi connectivity index (χ2n) is 4.37. The molecule has 1 aliphatic rings. The Balaban J connectivity index is 2.14. The molecule has 1 unspecified atom stereocenters. The molecule has 0 bridgehead atoms. The van der Waals surface area contributed by atoms with Gasteiger partial charge in [-0.2, -0.15) is 0 Å². The lowest BCUT2D eigenvalue weighted by atomic mass is 10.0. The highest BCUT2D eigenvalue weighted by molar-refractivity contribution is 9.09. The first-order valence-electron chi connectivity index (χ1n) is 5.61. The zero-order chi connectivity index (χ0) is 11.1. The van der Waals surface area contributed by atoms with Crippen molar-refractivity contribution in [3.05, 3.63) is 59.2 Å². The maximum atomic E-state index is 3.63. The van der Waals surface area contributed by atoms with Crippen molar-refractivity contribution >= 4 is 15.9 Å². The number of hydrogen-bond donors (Lipinski definition) is 0. The van der Waals surface area contributed by atoms with Crippen molar-refractivity contribution in [2.45, 2.75) is 18.2 Å². The maximum Gasteiger partial charge on any atom is 0.0367 e. The topological polar surface area (TPSA) is 0 Å². The number of benzene rings is 2. The molecular formula is C15H13Br. The SMILES string of the molecule is CC(Br)c1ccc2c(c1)Cc1ccccc1-2. The molecule has 0 saturated carbocycles. The molecule has 0 aromatic heterocycles. The average molecular weight is 273 g/mol. The Morgan fingerprint density at radius 3 is 2.56 bits per heavy atom.